The minimum atomic E-state index is -4.29. The fourth-order valence-electron chi connectivity index (χ4n) is 1.74. The lowest BCUT2D eigenvalue weighted by Crippen LogP contribution is -2.28. The number of nitrogens with zero attached hydrogens (tertiary/aromatic N) is 2. The van der Waals surface area contributed by atoms with E-state index in [9.17, 15) is 13.2 Å². The van der Waals surface area contributed by atoms with Crippen LogP contribution in [0.1, 0.15) is 18.1 Å². The summed E-state index contributed by atoms with van der Waals surface area (Å²) in [5, 5.41) is 0. The first kappa shape index (κ1) is 15.8. The average Bonchev–Trinajstić information content (AvgIpc) is 2.34. The highest BCUT2D eigenvalue weighted by atomic mass is 19.4. The molecule has 0 fully saturated rings. The highest BCUT2D eigenvalue weighted by molar-refractivity contribution is 5.51. The lowest BCUT2D eigenvalue weighted by atomic mass is 10.1. The second kappa shape index (κ2) is 6.28. The molecule has 0 saturated carbocycles. The van der Waals surface area contributed by atoms with Gasteiger partial charge in [0.1, 0.15) is 0 Å². The molecule has 0 saturated heterocycles. The fourth-order valence-corrected chi connectivity index (χ4v) is 1.74. The zero-order valence-corrected chi connectivity index (χ0v) is 11.9. The van der Waals surface area contributed by atoms with Crippen LogP contribution in [0.2, 0.25) is 0 Å². The average molecular weight is 274 g/mol. The Morgan fingerprint density at radius 3 is 2.11 bits per heavy atom. The molecule has 0 heterocycles. The molecule has 19 heavy (non-hydrogen) atoms. The van der Waals surface area contributed by atoms with E-state index in [4.69, 9.17) is 0 Å². The second-order valence-corrected chi connectivity index (χ2v) is 4.96. The molecule has 0 spiro atoms. The Balaban J connectivity index is 2.99. The van der Waals surface area contributed by atoms with E-state index in [1.165, 1.54) is 12.1 Å². The van der Waals surface area contributed by atoms with E-state index < -0.39 is 11.7 Å². The molecule has 0 aliphatic rings. The Morgan fingerprint density at radius 2 is 1.63 bits per heavy atom. The number of hydrogen-bond donors (Lipinski definition) is 0. The first-order valence-electron chi connectivity index (χ1n) is 6.31. The Labute approximate surface area is 112 Å². The lowest BCUT2D eigenvalue weighted by molar-refractivity contribution is -0.137. The normalized spacial score (nSPS) is 12.0. The quantitative estimate of drug-likeness (QED) is 0.813. The highest BCUT2D eigenvalue weighted by Gasteiger charge is 2.31. The lowest BCUT2D eigenvalue weighted by Gasteiger charge is -2.23. The van der Waals surface area contributed by atoms with Crippen LogP contribution in [0.4, 0.5) is 18.9 Å². The fraction of sp³-hybridized carbons (Fsp3) is 0.571. The van der Waals surface area contributed by atoms with Crippen molar-refractivity contribution in [1.29, 1.82) is 0 Å². The van der Waals surface area contributed by atoms with Gasteiger partial charge in [0, 0.05) is 25.8 Å². The van der Waals surface area contributed by atoms with Crippen LogP contribution in [-0.2, 0) is 12.6 Å². The molecular formula is C14H21F3N2. The van der Waals surface area contributed by atoms with E-state index >= 15 is 0 Å². The Bertz CT molecular complexity index is 414. The van der Waals surface area contributed by atoms with Crippen molar-refractivity contribution in [1.82, 2.24) is 4.90 Å². The molecule has 0 radical (unpaired) electrons. The van der Waals surface area contributed by atoms with E-state index in [0.29, 0.717) is 24.2 Å². The summed E-state index contributed by atoms with van der Waals surface area (Å²) in [5.41, 5.74) is 0.758. The number of rotatable bonds is 5. The second-order valence-electron chi connectivity index (χ2n) is 4.96. The Hall–Kier alpha value is -1.23. The third-order valence-electron chi connectivity index (χ3n) is 3.04. The van der Waals surface area contributed by atoms with Gasteiger partial charge in [-0.2, -0.15) is 13.2 Å². The Kier molecular flexibility index (Phi) is 5.23. The van der Waals surface area contributed by atoms with Gasteiger partial charge in [-0.15, -0.1) is 0 Å². The van der Waals surface area contributed by atoms with Crippen molar-refractivity contribution in [3.8, 4) is 0 Å². The number of benzene rings is 1. The zero-order valence-electron chi connectivity index (χ0n) is 11.9. The molecule has 0 N–H and O–H groups in total. The molecule has 2 nitrogen and oxygen atoms in total. The third-order valence-corrected chi connectivity index (χ3v) is 3.04. The van der Waals surface area contributed by atoms with Crippen LogP contribution in [0, 0.1) is 0 Å². The summed E-state index contributed by atoms with van der Waals surface area (Å²) in [6, 6.07) is 4.27. The van der Waals surface area contributed by atoms with Gasteiger partial charge in [0.25, 0.3) is 0 Å². The van der Waals surface area contributed by atoms with Gasteiger partial charge in [0.05, 0.1) is 5.56 Å². The predicted octanol–water partition coefficient (Wildman–Crippen LogP) is 3.27. The van der Waals surface area contributed by atoms with Gasteiger partial charge in [-0.25, -0.2) is 0 Å². The minimum Gasteiger partial charge on any atom is -0.373 e. The highest BCUT2D eigenvalue weighted by Crippen LogP contribution is 2.32. The Morgan fingerprint density at radius 1 is 1.00 bits per heavy atom. The number of likely N-dealkylation sites (N-methyl/N-ethyl adjacent to an activating group) is 2. The van der Waals surface area contributed by atoms with E-state index in [1.54, 1.807) is 0 Å². The largest absolute Gasteiger partial charge is 0.416 e. The van der Waals surface area contributed by atoms with Gasteiger partial charge in [0.2, 0.25) is 0 Å². The predicted molar refractivity (Wildman–Crippen MR) is 72.6 cm³/mol. The molecule has 108 valence electrons. The molecule has 5 heteroatoms. The summed E-state index contributed by atoms with van der Waals surface area (Å²) < 4.78 is 38.5. The van der Waals surface area contributed by atoms with E-state index in [2.05, 4.69) is 0 Å². The maximum Gasteiger partial charge on any atom is 0.416 e. The van der Waals surface area contributed by atoms with Crippen molar-refractivity contribution in [3.63, 3.8) is 0 Å². The molecule has 0 atom stereocenters. The SMILES string of the molecule is CCc1cc(N(C)CCN(C)C)cc(C(F)(F)F)c1. The standard InChI is InChI=1S/C14H21F3N2/c1-5-11-8-12(14(15,16)17)10-13(9-11)19(4)7-6-18(2)3/h8-10H,5-7H2,1-4H3. The minimum absolute atomic E-state index is 0.571. The summed E-state index contributed by atoms with van der Waals surface area (Å²) in [7, 11) is 5.70. The zero-order chi connectivity index (χ0) is 14.6. The molecule has 0 aromatic heterocycles. The first-order chi connectivity index (χ1) is 8.74. The van der Waals surface area contributed by atoms with Gasteiger partial charge in [-0.05, 0) is 44.3 Å². The molecule has 0 amide bonds. The number of halogens is 3. The number of anilines is 1. The number of hydrogen-bond acceptors (Lipinski definition) is 2. The molecule has 0 aliphatic heterocycles. The molecule has 1 aromatic rings. The van der Waals surface area contributed by atoms with Crippen LogP contribution in [0.25, 0.3) is 0 Å². The molecular weight excluding hydrogens is 253 g/mol. The van der Waals surface area contributed by atoms with Crippen LogP contribution in [0.3, 0.4) is 0 Å². The summed E-state index contributed by atoms with van der Waals surface area (Å²) in [5.74, 6) is 0. The van der Waals surface area contributed by atoms with Crippen molar-refractivity contribution >= 4 is 5.69 Å². The number of aryl methyl sites for hydroxylation is 1. The number of alkyl halides is 3. The van der Waals surface area contributed by atoms with Gasteiger partial charge in [-0.3, -0.25) is 0 Å². The van der Waals surface area contributed by atoms with Gasteiger partial charge in [0.15, 0.2) is 0 Å². The van der Waals surface area contributed by atoms with Crippen LogP contribution in [0.5, 0.6) is 0 Å². The van der Waals surface area contributed by atoms with Crippen molar-refractivity contribution in [2.75, 3.05) is 39.1 Å². The molecule has 0 bridgehead atoms. The summed E-state index contributed by atoms with van der Waals surface area (Å²) in [6.07, 6.45) is -3.69. The smallest absolute Gasteiger partial charge is 0.373 e. The van der Waals surface area contributed by atoms with Gasteiger partial charge in [-0.1, -0.05) is 6.92 Å². The van der Waals surface area contributed by atoms with E-state index in [-0.39, 0.29) is 0 Å². The third kappa shape index (κ3) is 4.74. The van der Waals surface area contributed by atoms with E-state index in [1.807, 2.05) is 43.9 Å². The molecule has 0 aliphatic carbocycles. The van der Waals surface area contributed by atoms with Crippen LogP contribution in [-0.4, -0.2) is 39.1 Å². The maximum absolute atomic E-state index is 12.8. The summed E-state index contributed by atoms with van der Waals surface area (Å²) in [4.78, 5) is 3.86. The summed E-state index contributed by atoms with van der Waals surface area (Å²) in [6.45, 7) is 3.35. The maximum atomic E-state index is 12.8. The molecule has 1 aromatic carbocycles. The van der Waals surface area contributed by atoms with E-state index in [0.717, 1.165) is 6.54 Å². The van der Waals surface area contributed by atoms with Crippen molar-refractivity contribution < 1.29 is 13.2 Å². The van der Waals surface area contributed by atoms with Crippen LogP contribution >= 0.6 is 0 Å². The monoisotopic (exact) mass is 274 g/mol. The van der Waals surface area contributed by atoms with Gasteiger partial charge >= 0.3 is 6.18 Å². The van der Waals surface area contributed by atoms with Crippen LogP contribution in [0.15, 0.2) is 18.2 Å². The van der Waals surface area contributed by atoms with Crippen LogP contribution < -0.4 is 4.90 Å². The van der Waals surface area contributed by atoms with Gasteiger partial charge < -0.3 is 9.80 Å². The molecule has 0 unspecified atom stereocenters. The van der Waals surface area contributed by atoms with Crippen molar-refractivity contribution in [3.05, 3.63) is 29.3 Å². The van der Waals surface area contributed by atoms with Crippen molar-refractivity contribution in [2.45, 2.75) is 19.5 Å². The topological polar surface area (TPSA) is 6.48 Å². The molecule has 1 rings (SSSR count). The summed E-state index contributed by atoms with van der Waals surface area (Å²) >= 11 is 0. The first-order valence-corrected chi connectivity index (χ1v) is 6.31. The van der Waals surface area contributed by atoms with Crippen molar-refractivity contribution in [2.24, 2.45) is 0 Å².